The van der Waals surface area contributed by atoms with Crippen molar-refractivity contribution in [3.05, 3.63) is 47.2 Å². The van der Waals surface area contributed by atoms with Crippen molar-refractivity contribution in [2.45, 2.75) is 63.8 Å². The van der Waals surface area contributed by atoms with E-state index in [4.69, 9.17) is 8.94 Å². The molecule has 0 N–H and O–H groups in total. The lowest BCUT2D eigenvalue weighted by atomic mass is 9.89. The van der Waals surface area contributed by atoms with Crippen LogP contribution in [0.2, 0.25) is 0 Å². The molecule has 5 rings (SSSR count). The van der Waals surface area contributed by atoms with Gasteiger partial charge in [-0.3, -0.25) is 4.79 Å². The molecule has 1 aliphatic carbocycles. The Kier molecular flexibility index (Phi) is 4.41. The Labute approximate surface area is 163 Å². The summed E-state index contributed by atoms with van der Waals surface area (Å²) in [7, 11) is 0. The Hall–Kier alpha value is -2.63. The van der Waals surface area contributed by atoms with Gasteiger partial charge in [-0.15, -0.1) is 0 Å². The van der Waals surface area contributed by atoms with Crippen molar-refractivity contribution < 1.29 is 13.7 Å². The van der Waals surface area contributed by atoms with Crippen molar-refractivity contribution >= 4 is 17.0 Å². The van der Waals surface area contributed by atoms with Gasteiger partial charge in [0.1, 0.15) is 5.52 Å². The number of aromatic nitrogens is 2. The van der Waals surface area contributed by atoms with Gasteiger partial charge in [0.25, 0.3) is 5.91 Å². The first-order valence-electron chi connectivity index (χ1n) is 10.3. The number of carbonyl (C=O) groups excluding carboxylic acids is 1. The van der Waals surface area contributed by atoms with Crippen LogP contribution in [-0.2, 0) is 0 Å². The number of hydrogen-bond donors (Lipinski definition) is 0. The monoisotopic (exact) mass is 379 g/mol. The maximum absolute atomic E-state index is 13.2. The number of carbonyl (C=O) groups is 1. The third kappa shape index (κ3) is 3.11. The largest absolute Gasteiger partial charge is 0.440 e. The average molecular weight is 379 g/mol. The van der Waals surface area contributed by atoms with E-state index < -0.39 is 0 Å². The van der Waals surface area contributed by atoms with Gasteiger partial charge in [-0.1, -0.05) is 24.4 Å². The van der Waals surface area contributed by atoms with Gasteiger partial charge < -0.3 is 13.8 Å². The van der Waals surface area contributed by atoms with Crippen LogP contribution in [0.15, 0.2) is 33.2 Å². The molecule has 6 nitrogen and oxygen atoms in total. The molecule has 1 saturated carbocycles. The second-order valence-electron chi connectivity index (χ2n) is 8.10. The molecule has 1 amide bonds. The molecule has 3 heterocycles. The normalized spacial score (nSPS) is 20.9. The topological polar surface area (TPSA) is 72.4 Å². The standard InChI is InChI=1S/C22H25N3O3/c1-14-12-20(28-24-14)18-8-5-11-25(18)22(26)16-9-10-17-19(13-16)27-21(23-17)15-6-3-2-4-7-15/h9-10,12-13,15,18H,2-8,11H2,1H3/t18-/m1/s1. The summed E-state index contributed by atoms with van der Waals surface area (Å²) in [6, 6.07) is 7.49. The minimum absolute atomic E-state index is 0.00840. The number of fused-ring (bicyclic) bond motifs is 1. The molecule has 3 aromatic rings. The van der Waals surface area contributed by atoms with Crippen molar-refractivity contribution in [1.82, 2.24) is 15.0 Å². The summed E-state index contributed by atoms with van der Waals surface area (Å²) in [4.78, 5) is 19.8. The zero-order valence-corrected chi connectivity index (χ0v) is 16.2. The highest BCUT2D eigenvalue weighted by atomic mass is 16.5. The summed E-state index contributed by atoms with van der Waals surface area (Å²) in [6.45, 7) is 2.63. The molecule has 0 bridgehead atoms. The number of amides is 1. The van der Waals surface area contributed by atoms with Crippen molar-refractivity contribution in [2.75, 3.05) is 6.54 Å². The molecule has 0 spiro atoms. The quantitative estimate of drug-likeness (QED) is 0.629. The lowest BCUT2D eigenvalue weighted by molar-refractivity contribution is 0.0714. The first-order valence-corrected chi connectivity index (χ1v) is 10.3. The predicted molar refractivity (Wildman–Crippen MR) is 104 cm³/mol. The summed E-state index contributed by atoms with van der Waals surface area (Å²) >= 11 is 0. The highest BCUT2D eigenvalue weighted by molar-refractivity contribution is 5.97. The molecule has 0 unspecified atom stereocenters. The number of rotatable bonds is 3. The van der Waals surface area contributed by atoms with Gasteiger partial charge in [0.2, 0.25) is 0 Å². The second kappa shape index (κ2) is 7.08. The van der Waals surface area contributed by atoms with Gasteiger partial charge >= 0.3 is 0 Å². The van der Waals surface area contributed by atoms with E-state index in [2.05, 4.69) is 10.1 Å². The molecule has 2 aliphatic rings. The minimum atomic E-state index is -0.0445. The van der Waals surface area contributed by atoms with Crippen molar-refractivity contribution in [3.63, 3.8) is 0 Å². The highest BCUT2D eigenvalue weighted by Gasteiger charge is 2.33. The molecule has 1 aliphatic heterocycles. The van der Waals surface area contributed by atoms with Crippen LogP contribution in [0, 0.1) is 6.92 Å². The van der Waals surface area contributed by atoms with Crippen molar-refractivity contribution in [1.29, 1.82) is 0 Å². The fourth-order valence-corrected chi connectivity index (χ4v) is 4.61. The Bertz CT molecular complexity index is 1000. The number of nitrogens with zero attached hydrogens (tertiary/aromatic N) is 3. The van der Waals surface area contributed by atoms with Gasteiger partial charge in [0.05, 0.1) is 11.7 Å². The smallest absolute Gasteiger partial charge is 0.254 e. The molecule has 146 valence electrons. The molecular formula is C22H25N3O3. The van der Waals surface area contributed by atoms with Crippen LogP contribution in [0.5, 0.6) is 0 Å². The SMILES string of the molecule is Cc1cc([C@H]2CCCN2C(=O)c2ccc3nc(C4CCCCC4)oc3c2)on1. The minimum Gasteiger partial charge on any atom is -0.440 e. The van der Waals surface area contributed by atoms with Crippen LogP contribution < -0.4 is 0 Å². The van der Waals surface area contributed by atoms with Gasteiger partial charge in [-0.25, -0.2) is 4.98 Å². The Morgan fingerprint density at radius 2 is 1.96 bits per heavy atom. The molecule has 6 heteroatoms. The van der Waals surface area contributed by atoms with Crippen LogP contribution in [0.3, 0.4) is 0 Å². The van der Waals surface area contributed by atoms with Gasteiger partial charge in [0.15, 0.2) is 17.2 Å². The van der Waals surface area contributed by atoms with Crippen LogP contribution in [-0.4, -0.2) is 27.5 Å². The van der Waals surface area contributed by atoms with E-state index in [-0.39, 0.29) is 11.9 Å². The molecular weight excluding hydrogens is 354 g/mol. The number of benzene rings is 1. The third-order valence-corrected chi connectivity index (χ3v) is 6.09. The summed E-state index contributed by atoms with van der Waals surface area (Å²) < 4.78 is 11.5. The Morgan fingerprint density at radius 3 is 2.75 bits per heavy atom. The Morgan fingerprint density at radius 1 is 1.11 bits per heavy atom. The number of oxazole rings is 1. The average Bonchev–Trinajstić information content (AvgIpc) is 3.46. The fraction of sp³-hybridized carbons (Fsp3) is 0.500. The first-order chi connectivity index (χ1) is 13.7. The summed E-state index contributed by atoms with van der Waals surface area (Å²) in [5.41, 5.74) is 3.02. The van der Waals surface area contributed by atoms with Crippen LogP contribution in [0.4, 0.5) is 0 Å². The maximum Gasteiger partial charge on any atom is 0.254 e. The van der Waals surface area contributed by atoms with E-state index in [1.54, 1.807) is 0 Å². The number of likely N-dealkylation sites (tertiary alicyclic amines) is 1. The van der Waals surface area contributed by atoms with E-state index in [1.807, 2.05) is 36.1 Å². The second-order valence-corrected chi connectivity index (χ2v) is 8.10. The Balaban J connectivity index is 1.41. The summed E-state index contributed by atoms with van der Waals surface area (Å²) in [5.74, 6) is 2.02. The summed E-state index contributed by atoms with van der Waals surface area (Å²) in [6.07, 6.45) is 7.94. The van der Waals surface area contributed by atoms with Gasteiger partial charge in [0, 0.05) is 24.1 Å². The highest BCUT2D eigenvalue weighted by Crippen LogP contribution is 2.35. The van der Waals surface area contributed by atoms with E-state index in [0.29, 0.717) is 17.1 Å². The lowest BCUT2D eigenvalue weighted by Crippen LogP contribution is -2.30. The molecule has 1 atom stereocenters. The first kappa shape index (κ1) is 17.5. The maximum atomic E-state index is 13.2. The van der Waals surface area contributed by atoms with Crippen molar-refractivity contribution in [2.24, 2.45) is 0 Å². The van der Waals surface area contributed by atoms with Crippen molar-refractivity contribution in [3.8, 4) is 0 Å². The molecule has 0 radical (unpaired) electrons. The zero-order valence-electron chi connectivity index (χ0n) is 16.2. The van der Waals surface area contributed by atoms with E-state index in [9.17, 15) is 4.79 Å². The molecule has 2 aromatic heterocycles. The third-order valence-electron chi connectivity index (χ3n) is 6.09. The van der Waals surface area contributed by atoms with E-state index in [1.165, 1.54) is 19.3 Å². The van der Waals surface area contributed by atoms with Crippen LogP contribution in [0.25, 0.3) is 11.1 Å². The molecule has 28 heavy (non-hydrogen) atoms. The lowest BCUT2D eigenvalue weighted by Gasteiger charge is -2.22. The van der Waals surface area contributed by atoms with Gasteiger partial charge in [-0.05, 0) is 50.8 Å². The van der Waals surface area contributed by atoms with Crippen LogP contribution >= 0.6 is 0 Å². The summed E-state index contributed by atoms with van der Waals surface area (Å²) in [5, 5.41) is 3.98. The van der Waals surface area contributed by atoms with Crippen LogP contribution in [0.1, 0.15) is 84.6 Å². The number of aryl methyl sites for hydroxylation is 1. The van der Waals surface area contributed by atoms with E-state index >= 15 is 0 Å². The molecule has 2 fully saturated rings. The number of hydrogen-bond acceptors (Lipinski definition) is 5. The predicted octanol–water partition coefficient (Wildman–Crippen LogP) is 5.15. The molecule has 1 saturated heterocycles. The zero-order chi connectivity index (χ0) is 19.1. The molecule has 1 aromatic carbocycles. The van der Waals surface area contributed by atoms with Gasteiger partial charge in [-0.2, -0.15) is 0 Å². The van der Waals surface area contributed by atoms with E-state index in [0.717, 1.165) is 55.1 Å². The fourth-order valence-electron chi connectivity index (χ4n) is 4.61.